The van der Waals surface area contributed by atoms with Crippen molar-refractivity contribution in [3.63, 3.8) is 0 Å². The highest BCUT2D eigenvalue weighted by molar-refractivity contribution is 8.04. The van der Waals surface area contributed by atoms with Gasteiger partial charge >= 0.3 is 0 Å². The maximum absolute atomic E-state index is 5.49. The van der Waals surface area contributed by atoms with Gasteiger partial charge in [0.15, 0.2) is 0 Å². The van der Waals surface area contributed by atoms with Gasteiger partial charge in [0.05, 0.1) is 0 Å². The third kappa shape index (κ3) is 2.82. The van der Waals surface area contributed by atoms with Crippen LogP contribution in [0.1, 0.15) is 13.8 Å². The standard InChI is InChI=1S/C5H8N2S.C2H6/c1-7-2-3-8-4-5(7)6;1-2/h2-4H,6H2,1H3;1-2H3. The molecule has 1 aliphatic rings. The van der Waals surface area contributed by atoms with Gasteiger partial charge in [0, 0.05) is 18.7 Å². The van der Waals surface area contributed by atoms with Crippen LogP contribution in [0.3, 0.4) is 0 Å². The summed E-state index contributed by atoms with van der Waals surface area (Å²) in [6.45, 7) is 4.00. The van der Waals surface area contributed by atoms with Gasteiger partial charge < -0.3 is 10.6 Å². The predicted octanol–water partition coefficient (Wildman–Crippen LogP) is 1.92. The van der Waals surface area contributed by atoms with Crippen molar-refractivity contribution in [1.82, 2.24) is 4.90 Å². The average Bonchev–Trinajstić information content (AvgIpc) is 2.00. The van der Waals surface area contributed by atoms with Crippen LogP contribution < -0.4 is 5.73 Å². The lowest BCUT2D eigenvalue weighted by Crippen LogP contribution is -2.18. The summed E-state index contributed by atoms with van der Waals surface area (Å²) < 4.78 is 0. The van der Waals surface area contributed by atoms with Crippen LogP contribution in [-0.4, -0.2) is 11.9 Å². The van der Waals surface area contributed by atoms with Crippen molar-refractivity contribution in [1.29, 1.82) is 0 Å². The van der Waals surface area contributed by atoms with E-state index >= 15 is 0 Å². The van der Waals surface area contributed by atoms with Crippen LogP contribution in [-0.2, 0) is 0 Å². The molecule has 2 N–H and O–H groups in total. The first-order valence-electron chi connectivity index (χ1n) is 3.31. The molecule has 0 aromatic rings. The van der Waals surface area contributed by atoms with Gasteiger partial charge in [0.1, 0.15) is 5.82 Å². The lowest BCUT2D eigenvalue weighted by Gasteiger charge is -2.15. The fourth-order valence-corrected chi connectivity index (χ4v) is 1.04. The van der Waals surface area contributed by atoms with E-state index in [1.807, 2.05) is 42.8 Å². The van der Waals surface area contributed by atoms with Crippen molar-refractivity contribution >= 4 is 11.8 Å². The molecule has 0 unspecified atom stereocenters. The Hall–Kier alpha value is -0.570. The zero-order valence-electron chi connectivity index (χ0n) is 6.66. The van der Waals surface area contributed by atoms with Gasteiger partial charge in [-0.15, -0.1) is 11.8 Å². The molecule has 0 fully saturated rings. The third-order valence-electron chi connectivity index (χ3n) is 0.959. The van der Waals surface area contributed by atoms with Gasteiger partial charge in [0.25, 0.3) is 0 Å². The second kappa shape index (κ2) is 5.23. The molecule has 0 radical (unpaired) electrons. The van der Waals surface area contributed by atoms with Gasteiger partial charge in [-0.25, -0.2) is 0 Å². The quantitative estimate of drug-likeness (QED) is 0.584. The minimum absolute atomic E-state index is 0.803. The minimum atomic E-state index is 0.803. The first-order chi connectivity index (χ1) is 4.80. The van der Waals surface area contributed by atoms with Crippen molar-refractivity contribution in [2.45, 2.75) is 13.8 Å². The van der Waals surface area contributed by atoms with E-state index in [9.17, 15) is 0 Å². The summed E-state index contributed by atoms with van der Waals surface area (Å²) in [6, 6.07) is 0. The summed E-state index contributed by atoms with van der Waals surface area (Å²) in [6.07, 6.45) is 1.93. The largest absolute Gasteiger partial charge is 0.385 e. The number of hydrogen-bond donors (Lipinski definition) is 1. The summed E-state index contributed by atoms with van der Waals surface area (Å²) in [5.74, 6) is 0.803. The molecular weight excluding hydrogens is 144 g/mol. The highest BCUT2D eigenvalue weighted by atomic mass is 32.2. The van der Waals surface area contributed by atoms with E-state index < -0.39 is 0 Å². The fourth-order valence-electron chi connectivity index (χ4n) is 0.405. The van der Waals surface area contributed by atoms with Crippen molar-refractivity contribution in [3.8, 4) is 0 Å². The molecule has 2 nitrogen and oxygen atoms in total. The predicted molar refractivity (Wildman–Crippen MR) is 48.1 cm³/mol. The maximum Gasteiger partial charge on any atom is 0.109 e. The van der Waals surface area contributed by atoms with Crippen LogP contribution >= 0.6 is 11.8 Å². The molecule has 0 aromatic carbocycles. The Morgan fingerprint density at radius 2 is 2.10 bits per heavy atom. The summed E-state index contributed by atoms with van der Waals surface area (Å²) in [7, 11) is 1.92. The Labute approximate surface area is 66.8 Å². The third-order valence-corrected chi connectivity index (χ3v) is 1.62. The van der Waals surface area contributed by atoms with Crippen LogP contribution in [0, 0.1) is 0 Å². The molecule has 10 heavy (non-hydrogen) atoms. The Balaban J connectivity index is 0.000000371. The molecule has 58 valence electrons. The van der Waals surface area contributed by atoms with Crippen molar-refractivity contribution in [2.24, 2.45) is 5.73 Å². The second-order valence-corrected chi connectivity index (χ2v) is 2.35. The van der Waals surface area contributed by atoms with Crippen LogP contribution in [0.4, 0.5) is 0 Å². The summed E-state index contributed by atoms with van der Waals surface area (Å²) >= 11 is 1.60. The Kier molecular flexibility index (Phi) is 4.94. The van der Waals surface area contributed by atoms with Gasteiger partial charge in [-0.1, -0.05) is 13.8 Å². The number of hydrogen-bond acceptors (Lipinski definition) is 3. The highest BCUT2D eigenvalue weighted by Crippen LogP contribution is 2.13. The number of nitrogens with two attached hydrogens (primary N) is 1. The molecule has 0 atom stereocenters. The number of thioether (sulfide) groups is 1. The zero-order chi connectivity index (χ0) is 7.98. The second-order valence-electron chi connectivity index (χ2n) is 1.57. The van der Waals surface area contributed by atoms with Crippen molar-refractivity contribution in [2.75, 3.05) is 7.05 Å². The van der Waals surface area contributed by atoms with Crippen molar-refractivity contribution < 1.29 is 0 Å². The van der Waals surface area contributed by atoms with Crippen LogP contribution in [0.5, 0.6) is 0 Å². The fraction of sp³-hybridized carbons (Fsp3) is 0.429. The average molecular weight is 158 g/mol. The smallest absolute Gasteiger partial charge is 0.109 e. The monoisotopic (exact) mass is 158 g/mol. The van der Waals surface area contributed by atoms with E-state index in [4.69, 9.17) is 5.73 Å². The molecule has 1 heterocycles. The number of nitrogens with zero attached hydrogens (tertiary/aromatic N) is 1. The molecule has 0 spiro atoms. The summed E-state index contributed by atoms with van der Waals surface area (Å²) in [5.41, 5.74) is 5.49. The van der Waals surface area contributed by atoms with E-state index in [1.54, 1.807) is 11.8 Å². The molecule has 3 heteroatoms. The maximum atomic E-state index is 5.49. The molecule has 0 amide bonds. The molecule has 0 bridgehead atoms. The molecule has 1 aliphatic heterocycles. The molecule has 0 saturated heterocycles. The molecule has 1 rings (SSSR count). The van der Waals surface area contributed by atoms with Crippen LogP contribution in [0.2, 0.25) is 0 Å². The van der Waals surface area contributed by atoms with E-state index in [0.717, 1.165) is 5.82 Å². The van der Waals surface area contributed by atoms with Crippen molar-refractivity contribution in [3.05, 3.63) is 22.8 Å². The SMILES string of the molecule is CC.CN1C=CSC=C1N. The number of rotatable bonds is 0. The van der Waals surface area contributed by atoms with Crippen LogP contribution in [0.15, 0.2) is 22.8 Å². The van der Waals surface area contributed by atoms with Gasteiger partial charge in [-0.05, 0) is 5.41 Å². The lowest BCUT2D eigenvalue weighted by molar-refractivity contribution is 0.562. The Morgan fingerprint density at radius 3 is 2.40 bits per heavy atom. The molecule has 0 aromatic heterocycles. The summed E-state index contributed by atoms with van der Waals surface area (Å²) in [5, 5.41) is 3.89. The first kappa shape index (κ1) is 9.43. The normalized spacial score (nSPS) is 15.5. The van der Waals surface area contributed by atoms with E-state index in [-0.39, 0.29) is 0 Å². The lowest BCUT2D eigenvalue weighted by atomic mass is 10.7. The Morgan fingerprint density at radius 1 is 1.50 bits per heavy atom. The summed E-state index contributed by atoms with van der Waals surface area (Å²) in [4.78, 5) is 1.87. The van der Waals surface area contributed by atoms with E-state index in [0.29, 0.717) is 0 Å². The minimum Gasteiger partial charge on any atom is -0.385 e. The zero-order valence-corrected chi connectivity index (χ0v) is 7.48. The molecule has 0 aliphatic carbocycles. The van der Waals surface area contributed by atoms with Gasteiger partial charge in [0.2, 0.25) is 0 Å². The first-order valence-corrected chi connectivity index (χ1v) is 4.25. The topological polar surface area (TPSA) is 29.3 Å². The van der Waals surface area contributed by atoms with Gasteiger partial charge in [-0.2, -0.15) is 0 Å². The van der Waals surface area contributed by atoms with E-state index in [2.05, 4.69) is 0 Å². The molecular formula is C7H14N2S. The Bertz CT molecular complexity index is 141. The van der Waals surface area contributed by atoms with Crippen LogP contribution in [0.25, 0.3) is 0 Å². The molecule has 0 saturated carbocycles. The highest BCUT2D eigenvalue weighted by Gasteiger charge is 1.96. The van der Waals surface area contributed by atoms with Gasteiger partial charge in [-0.3, -0.25) is 0 Å². The van der Waals surface area contributed by atoms with E-state index in [1.165, 1.54) is 0 Å².